The molecule has 18 heavy (non-hydrogen) atoms. The predicted octanol–water partition coefficient (Wildman–Crippen LogP) is -0.0186. The van der Waals surface area contributed by atoms with E-state index in [1.165, 1.54) is 11.9 Å². The van der Waals surface area contributed by atoms with Crippen molar-refractivity contribution < 1.29 is 14.3 Å². The van der Waals surface area contributed by atoms with Gasteiger partial charge in [0.1, 0.15) is 5.75 Å². The molecule has 4 N–H and O–H groups in total. The third kappa shape index (κ3) is 4.32. The van der Waals surface area contributed by atoms with Crippen LogP contribution >= 0.6 is 0 Å². The predicted molar refractivity (Wildman–Crippen MR) is 67.8 cm³/mol. The monoisotopic (exact) mass is 251 g/mol. The lowest BCUT2D eigenvalue weighted by Gasteiger charge is -2.15. The fraction of sp³-hybridized carbons (Fsp3) is 0.333. The van der Waals surface area contributed by atoms with Gasteiger partial charge in [-0.15, -0.1) is 0 Å². The summed E-state index contributed by atoms with van der Waals surface area (Å²) >= 11 is 0. The summed E-state index contributed by atoms with van der Waals surface area (Å²) in [6.45, 7) is 0.114. The van der Waals surface area contributed by atoms with Gasteiger partial charge in [-0.2, -0.15) is 0 Å². The van der Waals surface area contributed by atoms with Crippen LogP contribution in [0.2, 0.25) is 0 Å². The summed E-state index contributed by atoms with van der Waals surface area (Å²) in [5, 5.41) is 0. The third-order valence-electron chi connectivity index (χ3n) is 2.31. The number of carbonyl (C=O) groups excluding carboxylic acids is 2. The fourth-order valence-corrected chi connectivity index (χ4v) is 1.37. The summed E-state index contributed by atoms with van der Waals surface area (Å²) < 4.78 is 5.37. The summed E-state index contributed by atoms with van der Waals surface area (Å²) in [4.78, 5) is 23.5. The van der Waals surface area contributed by atoms with Crippen molar-refractivity contribution in [1.29, 1.82) is 0 Å². The van der Waals surface area contributed by atoms with Gasteiger partial charge in [-0.05, 0) is 12.1 Å². The Morgan fingerprint density at radius 2 is 2.00 bits per heavy atom. The molecule has 0 aliphatic rings. The first-order valence-electron chi connectivity index (χ1n) is 5.50. The number of benzene rings is 1. The van der Waals surface area contributed by atoms with Gasteiger partial charge >= 0.3 is 0 Å². The van der Waals surface area contributed by atoms with Gasteiger partial charge in [-0.1, -0.05) is 12.1 Å². The van der Waals surface area contributed by atoms with Gasteiger partial charge in [-0.25, -0.2) is 0 Å². The Hall–Kier alpha value is -2.24. The molecule has 1 aromatic carbocycles. The molecule has 0 heterocycles. The second-order valence-electron chi connectivity index (χ2n) is 3.85. The molecule has 6 nitrogen and oxygen atoms in total. The summed E-state index contributed by atoms with van der Waals surface area (Å²) in [5.41, 5.74) is 11.2. The molecule has 0 radical (unpaired) electrons. The van der Waals surface area contributed by atoms with Gasteiger partial charge in [-0.3, -0.25) is 9.59 Å². The Balaban J connectivity index is 2.36. The van der Waals surface area contributed by atoms with E-state index in [-0.39, 0.29) is 25.5 Å². The van der Waals surface area contributed by atoms with E-state index < -0.39 is 5.91 Å². The van der Waals surface area contributed by atoms with E-state index in [1.54, 1.807) is 24.3 Å². The van der Waals surface area contributed by atoms with Crippen molar-refractivity contribution in [2.24, 2.45) is 5.73 Å². The van der Waals surface area contributed by atoms with Crippen LogP contribution in [0.1, 0.15) is 6.42 Å². The molecule has 6 heteroatoms. The van der Waals surface area contributed by atoms with Gasteiger partial charge in [0, 0.05) is 7.05 Å². The molecule has 1 aromatic rings. The van der Waals surface area contributed by atoms with Crippen LogP contribution < -0.4 is 16.2 Å². The van der Waals surface area contributed by atoms with Crippen LogP contribution in [0.15, 0.2) is 24.3 Å². The van der Waals surface area contributed by atoms with Gasteiger partial charge in [0.25, 0.3) is 0 Å². The van der Waals surface area contributed by atoms with Crippen LogP contribution in [-0.2, 0) is 9.59 Å². The van der Waals surface area contributed by atoms with Crippen molar-refractivity contribution in [2.45, 2.75) is 6.42 Å². The number of carbonyl (C=O) groups is 2. The normalized spacial score (nSPS) is 9.83. The van der Waals surface area contributed by atoms with Crippen molar-refractivity contribution in [2.75, 3.05) is 25.9 Å². The Morgan fingerprint density at radius 1 is 1.33 bits per heavy atom. The third-order valence-corrected chi connectivity index (χ3v) is 2.31. The minimum Gasteiger partial charge on any atom is -0.491 e. The maximum Gasteiger partial charge on any atom is 0.237 e. The van der Waals surface area contributed by atoms with Gasteiger partial charge in [0.15, 0.2) is 0 Å². The van der Waals surface area contributed by atoms with E-state index in [0.29, 0.717) is 11.4 Å². The smallest absolute Gasteiger partial charge is 0.237 e. The minimum atomic E-state index is -0.543. The van der Waals surface area contributed by atoms with Crippen molar-refractivity contribution in [3.63, 3.8) is 0 Å². The summed E-state index contributed by atoms with van der Waals surface area (Å²) in [6, 6.07) is 7.05. The van der Waals surface area contributed by atoms with Crippen LogP contribution in [0.5, 0.6) is 5.75 Å². The Labute approximate surface area is 105 Å². The van der Waals surface area contributed by atoms with Crippen LogP contribution in [0, 0.1) is 0 Å². The SMILES string of the molecule is CN(CC(N)=O)C(=O)CCOc1ccccc1N. The molecule has 0 bridgehead atoms. The number of hydrogen-bond donors (Lipinski definition) is 2. The molecule has 0 unspecified atom stereocenters. The average Bonchev–Trinajstić information content (AvgIpc) is 2.30. The van der Waals surface area contributed by atoms with Crippen molar-refractivity contribution in [1.82, 2.24) is 4.90 Å². The lowest BCUT2D eigenvalue weighted by Crippen LogP contribution is -2.35. The first-order chi connectivity index (χ1) is 8.50. The molecule has 0 saturated carbocycles. The van der Waals surface area contributed by atoms with E-state index in [4.69, 9.17) is 16.2 Å². The van der Waals surface area contributed by atoms with Gasteiger partial charge < -0.3 is 21.1 Å². The zero-order valence-electron chi connectivity index (χ0n) is 10.3. The van der Waals surface area contributed by atoms with E-state index >= 15 is 0 Å². The standard InChI is InChI=1S/C12H17N3O3/c1-15(8-11(14)16)12(17)6-7-18-10-5-3-2-4-9(10)13/h2-5H,6-8,13H2,1H3,(H2,14,16). The van der Waals surface area contributed by atoms with E-state index in [0.717, 1.165) is 0 Å². The number of likely N-dealkylation sites (N-methyl/N-ethyl adjacent to an activating group) is 1. The van der Waals surface area contributed by atoms with Crippen LogP contribution in [0.25, 0.3) is 0 Å². The van der Waals surface area contributed by atoms with Crippen LogP contribution in [-0.4, -0.2) is 36.9 Å². The average molecular weight is 251 g/mol. The topological polar surface area (TPSA) is 98.6 Å². The largest absolute Gasteiger partial charge is 0.491 e. The van der Waals surface area contributed by atoms with E-state index in [2.05, 4.69) is 0 Å². The first kappa shape index (κ1) is 13.8. The molecule has 98 valence electrons. The lowest BCUT2D eigenvalue weighted by molar-refractivity contribution is -0.134. The molecule has 0 spiro atoms. The number of nitrogens with zero attached hydrogens (tertiary/aromatic N) is 1. The Morgan fingerprint density at radius 3 is 2.61 bits per heavy atom. The maximum atomic E-state index is 11.6. The second kappa shape index (κ2) is 6.48. The van der Waals surface area contributed by atoms with Gasteiger partial charge in [0.2, 0.25) is 11.8 Å². The highest BCUT2D eigenvalue weighted by Gasteiger charge is 2.11. The molecule has 0 aliphatic carbocycles. The Bertz CT molecular complexity index is 434. The van der Waals surface area contributed by atoms with Crippen molar-refractivity contribution >= 4 is 17.5 Å². The summed E-state index contributed by atoms with van der Waals surface area (Å²) in [5.74, 6) is -0.203. The van der Waals surface area contributed by atoms with Crippen LogP contribution in [0.3, 0.4) is 0 Å². The van der Waals surface area contributed by atoms with Crippen molar-refractivity contribution in [3.8, 4) is 5.75 Å². The summed E-state index contributed by atoms with van der Waals surface area (Å²) in [6.07, 6.45) is 0.165. The van der Waals surface area contributed by atoms with Crippen molar-refractivity contribution in [3.05, 3.63) is 24.3 Å². The molecule has 0 aliphatic heterocycles. The van der Waals surface area contributed by atoms with E-state index in [9.17, 15) is 9.59 Å². The molecule has 2 amide bonds. The highest BCUT2D eigenvalue weighted by molar-refractivity contribution is 5.83. The highest BCUT2D eigenvalue weighted by atomic mass is 16.5. The molecule has 0 aromatic heterocycles. The fourth-order valence-electron chi connectivity index (χ4n) is 1.37. The summed E-state index contributed by atoms with van der Waals surface area (Å²) in [7, 11) is 1.52. The number of ether oxygens (including phenoxy) is 1. The number of primary amides is 1. The molecule has 0 saturated heterocycles. The number of nitrogen functional groups attached to an aromatic ring is 1. The molecule has 1 rings (SSSR count). The molecule has 0 fully saturated rings. The number of anilines is 1. The molecular formula is C12H17N3O3. The quantitative estimate of drug-likeness (QED) is 0.694. The van der Waals surface area contributed by atoms with Gasteiger partial charge in [0.05, 0.1) is 25.3 Å². The van der Waals surface area contributed by atoms with Crippen LogP contribution in [0.4, 0.5) is 5.69 Å². The maximum absolute atomic E-state index is 11.6. The first-order valence-corrected chi connectivity index (χ1v) is 5.50. The number of nitrogens with two attached hydrogens (primary N) is 2. The zero-order valence-corrected chi connectivity index (χ0v) is 10.3. The number of para-hydroxylation sites is 2. The highest BCUT2D eigenvalue weighted by Crippen LogP contribution is 2.19. The number of hydrogen-bond acceptors (Lipinski definition) is 4. The number of rotatable bonds is 6. The van der Waals surface area contributed by atoms with E-state index in [1.807, 2.05) is 0 Å². The minimum absolute atomic E-state index is 0.0910. The Kier molecular flexibility index (Phi) is 4.98. The zero-order chi connectivity index (χ0) is 13.5. The molecule has 0 atom stereocenters. The second-order valence-corrected chi connectivity index (χ2v) is 3.85. The number of amides is 2. The molecular weight excluding hydrogens is 234 g/mol. The lowest BCUT2D eigenvalue weighted by atomic mass is 10.3.